The lowest BCUT2D eigenvalue weighted by atomic mass is 9.67. The Morgan fingerprint density at radius 1 is 0.750 bits per heavy atom. The maximum Gasteiger partial charge on any atom is -0.00774 e. The Labute approximate surface area is 152 Å². The maximum atomic E-state index is 2.58. The van der Waals surface area contributed by atoms with Crippen LogP contribution >= 0.6 is 0 Å². The van der Waals surface area contributed by atoms with E-state index in [1.54, 1.807) is 16.7 Å². The summed E-state index contributed by atoms with van der Waals surface area (Å²) < 4.78 is 0. The number of unbranched alkanes of at least 4 members (excludes halogenated alkanes) is 1. The van der Waals surface area contributed by atoms with Crippen molar-refractivity contribution in [2.45, 2.75) is 118 Å². The summed E-state index contributed by atoms with van der Waals surface area (Å²) in [6.07, 6.45) is 6.25. The van der Waals surface area contributed by atoms with Crippen molar-refractivity contribution in [1.29, 1.82) is 0 Å². The fourth-order valence-electron chi connectivity index (χ4n) is 3.94. The lowest BCUT2D eigenvalue weighted by Gasteiger charge is -2.37. The normalized spacial score (nSPS) is 13.4. The zero-order valence-corrected chi connectivity index (χ0v) is 18.2. The van der Waals surface area contributed by atoms with Gasteiger partial charge in [-0.25, -0.2) is 0 Å². The Kier molecular flexibility index (Phi) is 6.76. The second kappa shape index (κ2) is 7.63. The van der Waals surface area contributed by atoms with Crippen molar-refractivity contribution in [3.63, 3.8) is 0 Å². The molecule has 0 fully saturated rings. The molecule has 0 nitrogen and oxygen atoms in total. The molecule has 1 aromatic rings. The van der Waals surface area contributed by atoms with Crippen molar-refractivity contribution < 1.29 is 0 Å². The third-order valence-corrected chi connectivity index (χ3v) is 6.27. The van der Waals surface area contributed by atoms with Gasteiger partial charge in [-0.05, 0) is 64.7 Å². The topological polar surface area (TPSA) is 0 Å². The van der Waals surface area contributed by atoms with E-state index in [1.807, 2.05) is 0 Å². The molecule has 138 valence electrons. The van der Waals surface area contributed by atoms with E-state index in [2.05, 4.69) is 81.4 Å². The highest BCUT2D eigenvalue weighted by Crippen LogP contribution is 2.42. The van der Waals surface area contributed by atoms with Gasteiger partial charge in [0.15, 0.2) is 0 Å². The first-order valence-electron chi connectivity index (χ1n) is 10.1. The van der Waals surface area contributed by atoms with Crippen LogP contribution < -0.4 is 0 Å². The Morgan fingerprint density at radius 2 is 1.29 bits per heavy atom. The number of hydrogen-bond acceptors (Lipinski definition) is 0. The molecular weight excluding hydrogens is 288 g/mol. The van der Waals surface area contributed by atoms with Crippen molar-refractivity contribution in [2.75, 3.05) is 0 Å². The number of rotatable bonds is 7. The molecule has 0 bridgehead atoms. The molecule has 0 heterocycles. The largest absolute Gasteiger partial charge is 0.0654 e. The van der Waals surface area contributed by atoms with Crippen LogP contribution in [-0.4, -0.2) is 0 Å². The molecule has 0 radical (unpaired) electrons. The van der Waals surface area contributed by atoms with Gasteiger partial charge < -0.3 is 0 Å². The molecule has 0 saturated carbocycles. The monoisotopic (exact) mass is 330 g/mol. The first-order chi connectivity index (χ1) is 10.9. The fourth-order valence-corrected chi connectivity index (χ4v) is 3.94. The van der Waals surface area contributed by atoms with E-state index in [0.29, 0.717) is 0 Å². The van der Waals surface area contributed by atoms with Gasteiger partial charge in [0.25, 0.3) is 0 Å². The molecule has 0 amide bonds. The molecule has 0 spiro atoms. The van der Waals surface area contributed by atoms with Crippen molar-refractivity contribution in [1.82, 2.24) is 0 Å². The maximum absolute atomic E-state index is 2.58. The van der Waals surface area contributed by atoms with Crippen LogP contribution in [0.5, 0.6) is 0 Å². The van der Waals surface area contributed by atoms with Gasteiger partial charge in [0.1, 0.15) is 0 Å². The highest BCUT2D eigenvalue weighted by molar-refractivity contribution is 5.47. The molecule has 0 atom stereocenters. The van der Waals surface area contributed by atoms with Crippen LogP contribution in [0.2, 0.25) is 0 Å². The summed E-state index contributed by atoms with van der Waals surface area (Å²) in [6.45, 7) is 23.7. The summed E-state index contributed by atoms with van der Waals surface area (Å²) in [5.74, 6) is 0. The number of benzene rings is 1. The van der Waals surface area contributed by atoms with Gasteiger partial charge in [-0.1, -0.05) is 87.3 Å². The minimum Gasteiger partial charge on any atom is -0.0654 e. The lowest BCUT2D eigenvalue weighted by Crippen LogP contribution is -2.28. The Balaban J connectivity index is 3.63. The second-order valence-electron chi connectivity index (χ2n) is 9.72. The van der Waals surface area contributed by atoms with Crippen molar-refractivity contribution in [3.05, 3.63) is 34.4 Å². The summed E-state index contributed by atoms with van der Waals surface area (Å²) in [4.78, 5) is 0. The van der Waals surface area contributed by atoms with Crippen molar-refractivity contribution >= 4 is 0 Å². The molecule has 0 saturated heterocycles. The average Bonchev–Trinajstić information content (AvgIpc) is 2.50. The van der Waals surface area contributed by atoms with E-state index in [-0.39, 0.29) is 16.2 Å². The standard InChI is InChI=1S/C24H42/c1-11-14-15-23(8,9)19-17-21(24(10,12-2)13-3)20(16-18(19)4)22(5,6)7/h16-17H,11-15H2,1-10H3. The molecule has 1 rings (SSSR count). The molecule has 0 aliphatic heterocycles. The van der Waals surface area contributed by atoms with Crippen LogP contribution in [0.15, 0.2) is 12.1 Å². The van der Waals surface area contributed by atoms with E-state index in [9.17, 15) is 0 Å². The summed E-state index contributed by atoms with van der Waals surface area (Å²) in [6, 6.07) is 5.08. The van der Waals surface area contributed by atoms with Crippen molar-refractivity contribution in [2.24, 2.45) is 0 Å². The van der Waals surface area contributed by atoms with Gasteiger partial charge in [0.2, 0.25) is 0 Å². The summed E-state index contributed by atoms with van der Waals surface area (Å²) in [7, 11) is 0. The van der Waals surface area contributed by atoms with E-state index in [1.165, 1.54) is 37.7 Å². The van der Waals surface area contributed by atoms with Gasteiger partial charge in [-0.3, -0.25) is 0 Å². The van der Waals surface area contributed by atoms with E-state index in [0.717, 1.165) is 0 Å². The minimum atomic E-state index is 0.192. The minimum absolute atomic E-state index is 0.192. The molecular formula is C24H42. The number of hydrogen-bond donors (Lipinski definition) is 0. The van der Waals surface area contributed by atoms with Crippen LogP contribution in [-0.2, 0) is 16.2 Å². The van der Waals surface area contributed by atoms with E-state index >= 15 is 0 Å². The zero-order chi connectivity index (χ0) is 18.8. The van der Waals surface area contributed by atoms with Crippen LogP contribution in [0.3, 0.4) is 0 Å². The Morgan fingerprint density at radius 3 is 1.71 bits per heavy atom. The SMILES string of the molecule is CCCCC(C)(C)c1cc(C(C)(CC)CC)c(C(C)(C)C)cc1C. The molecule has 1 aromatic carbocycles. The van der Waals surface area contributed by atoms with E-state index in [4.69, 9.17) is 0 Å². The number of aryl methyl sites for hydroxylation is 1. The van der Waals surface area contributed by atoms with Gasteiger partial charge in [0.05, 0.1) is 0 Å². The highest BCUT2D eigenvalue weighted by Gasteiger charge is 2.32. The fraction of sp³-hybridized carbons (Fsp3) is 0.750. The molecule has 0 unspecified atom stereocenters. The molecule has 0 aliphatic carbocycles. The van der Waals surface area contributed by atoms with Gasteiger partial charge in [-0.15, -0.1) is 0 Å². The third kappa shape index (κ3) is 4.44. The van der Waals surface area contributed by atoms with Crippen LogP contribution in [0.25, 0.3) is 0 Å². The predicted molar refractivity (Wildman–Crippen MR) is 110 cm³/mol. The first kappa shape index (κ1) is 21.3. The first-order valence-corrected chi connectivity index (χ1v) is 10.1. The van der Waals surface area contributed by atoms with E-state index < -0.39 is 0 Å². The van der Waals surface area contributed by atoms with Crippen LogP contribution in [0, 0.1) is 6.92 Å². The van der Waals surface area contributed by atoms with Gasteiger partial charge >= 0.3 is 0 Å². The van der Waals surface area contributed by atoms with Crippen molar-refractivity contribution in [3.8, 4) is 0 Å². The second-order valence-corrected chi connectivity index (χ2v) is 9.72. The van der Waals surface area contributed by atoms with Gasteiger partial charge in [0, 0.05) is 0 Å². The average molecular weight is 331 g/mol. The lowest BCUT2D eigenvalue weighted by molar-refractivity contribution is 0.416. The summed E-state index contributed by atoms with van der Waals surface area (Å²) in [5, 5.41) is 0. The molecule has 0 aliphatic rings. The highest BCUT2D eigenvalue weighted by atomic mass is 14.4. The van der Waals surface area contributed by atoms with Gasteiger partial charge in [-0.2, -0.15) is 0 Å². The smallest absolute Gasteiger partial charge is 0.00774 e. The zero-order valence-electron chi connectivity index (χ0n) is 18.2. The molecule has 0 heteroatoms. The van der Waals surface area contributed by atoms with Crippen LogP contribution in [0.1, 0.15) is 117 Å². The Bertz CT molecular complexity index is 536. The van der Waals surface area contributed by atoms with Crippen LogP contribution in [0.4, 0.5) is 0 Å². The Hall–Kier alpha value is -0.780. The predicted octanol–water partition coefficient (Wildman–Crippen LogP) is 7.84. The third-order valence-electron chi connectivity index (χ3n) is 6.27. The summed E-state index contributed by atoms with van der Waals surface area (Å²) in [5.41, 5.74) is 6.88. The molecule has 0 N–H and O–H groups in total. The summed E-state index contributed by atoms with van der Waals surface area (Å²) >= 11 is 0. The molecule has 24 heavy (non-hydrogen) atoms. The quantitative estimate of drug-likeness (QED) is 0.477. The molecule has 0 aromatic heterocycles.